The minimum atomic E-state index is 0.183. The molecule has 2 unspecified atom stereocenters. The Balaban J connectivity index is 1.49. The summed E-state index contributed by atoms with van der Waals surface area (Å²) in [6.07, 6.45) is 2.84. The summed E-state index contributed by atoms with van der Waals surface area (Å²) in [6.45, 7) is 5.82. The fourth-order valence-corrected chi connectivity index (χ4v) is 3.54. The molecule has 1 saturated carbocycles. The van der Waals surface area contributed by atoms with Gasteiger partial charge in [0.2, 0.25) is 0 Å². The summed E-state index contributed by atoms with van der Waals surface area (Å²) in [4.78, 5) is 5.11. The van der Waals surface area contributed by atoms with Crippen LogP contribution in [0.5, 0.6) is 5.75 Å². The smallest absolute Gasteiger partial charge is 0.119 e. The quantitative estimate of drug-likeness (QED) is 0.618. The highest BCUT2D eigenvalue weighted by atomic mass is 16.5. The highest BCUT2D eigenvalue weighted by Gasteiger charge is 2.37. The van der Waals surface area contributed by atoms with Crippen molar-refractivity contribution in [2.45, 2.75) is 31.0 Å². The molecule has 3 saturated heterocycles. The Morgan fingerprint density at radius 1 is 1.10 bits per heavy atom. The summed E-state index contributed by atoms with van der Waals surface area (Å²) in [5, 5.41) is 0. The molecule has 2 atom stereocenters. The van der Waals surface area contributed by atoms with Crippen LogP contribution in [0.2, 0.25) is 0 Å². The minimum absolute atomic E-state index is 0.183. The van der Waals surface area contributed by atoms with Gasteiger partial charge in [-0.25, -0.2) is 0 Å². The van der Waals surface area contributed by atoms with E-state index < -0.39 is 0 Å². The number of hydrogen-bond acceptors (Lipinski definition) is 5. The molecule has 1 aromatic rings. The Bertz CT molecular complexity index is 480. The summed E-state index contributed by atoms with van der Waals surface area (Å²) in [5.41, 5.74) is 4.29. The molecule has 5 nitrogen and oxygen atoms in total. The molecule has 4 aliphatic rings. The Labute approximate surface area is 126 Å². The van der Waals surface area contributed by atoms with Gasteiger partial charge in [-0.05, 0) is 30.5 Å². The fraction of sp³-hybridized carbons (Fsp3) is 0.625. The van der Waals surface area contributed by atoms with Gasteiger partial charge >= 0.3 is 0 Å². The molecule has 5 rings (SSSR count). The zero-order chi connectivity index (χ0) is 14.2. The summed E-state index contributed by atoms with van der Waals surface area (Å²) in [5.74, 6) is 6.85. The standard InChI is InChI=1S/C16H24N4O/c17-18-16(15-11-19-7-9-20(15)10-8-19)12-1-3-13(4-2-12)21-14-5-6-14/h1-4,14-16,18H,5-11,17H2. The SMILES string of the molecule is NNC(c1ccc(OC2CC2)cc1)C1CN2CCN1CC2. The van der Waals surface area contributed by atoms with Crippen molar-refractivity contribution in [3.05, 3.63) is 29.8 Å². The molecule has 114 valence electrons. The third-order valence-electron chi connectivity index (χ3n) is 4.95. The van der Waals surface area contributed by atoms with Crippen molar-refractivity contribution in [2.24, 2.45) is 5.84 Å². The number of rotatable bonds is 5. The number of hydrazine groups is 1. The maximum atomic E-state index is 5.87. The second-order valence-electron chi connectivity index (χ2n) is 6.43. The highest BCUT2D eigenvalue weighted by molar-refractivity contribution is 5.30. The first-order valence-electron chi connectivity index (χ1n) is 8.02. The molecule has 3 heterocycles. The molecular weight excluding hydrogens is 264 g/mol. The molecule has 5 heteroatoms. The van der Waals surface area contributed by atoms with Crippen molar-refractivity contribution < 1.29 is 4.74 Å². The van der Waals surface area contributed by atoms with Gasteiger partial charge in [0.05, 0.1) is 12.1 Å². The summed E-state index contributed by atoms with van der Waals surface area (Å²) in [7, 11) is 0. The van der Waals surface area contributed by atoms with Crippen LogP contribution in [-0.2, 0) is 0 Å². The lowest BCUT2D eigenvalue weighted by molar-refractivity contribution is -0.00370. The van der Waals surface area contributed by atoms with Crippen molar-refractivity contribution in [3.63, 3.8) is 0 Å². The van der Waals surface area contributed by atoms with Crippen molar-refractivity contribution in [1.29, 1.82) is 0 Å². The van der Waals surface area contributed by atoms with Gasteiger partial charge in [-0.3, -0.25) is 21.1 Å². The van der Waals surface area contributed by atoms with Gasteiger partial charge in [0.1, 0.15) is 5.75 Å². The van der Waals surface area contributed by atoms with E-state index in [1.165, 1.54) is 31.5 Å². The maximum absolute atomic E-state index is 5.87. The summed E-state index contributed by atoms with van der Waals surface area (Å²) < 4.78 is 5.82. The average molecular weight is 288 g/mol. The first kappa shape index (κ1) is 13.5. The second kappa shape index (κ2) is 5.57. The lowest BCUT2D eigenvalue weighted by Crippen LogP contribution is -2.64. The van der Waals surface area contributed by atoms with Crippen LogP contribution in [0.25, 0.3) is 0 Å². The van der Waals surface area contributed by atoms with Crippen LogP contribution in [0, 0.1) is 0 Å². The molecule has 0 spiro atoms. The van der Waals surface area contributed by atoms with Crippen LogP contribution in [0.15, 0.2) is 24.3 Å². The van der Waals surface area contributed by atoms with Gasteiger partial charge < -0.3 is 4.74 Å². The molecule has 4 fully saturated rings. The van der Waals surface area contributed by atoms with Crippen LogP contribution < -0.4 is 16.0 Å². The number of nitrogens with zero attached hydrogens (tertiary/aromatic N) is 2. The Hall–Kier alpha value is -1.14. The molecule has 2 bridgehead atoms. The third-order valence-corrected chi connectivity index (χ3v) is 4.95. The van der Waals surface area contributed by atoms with E-state index in [9.17, 15) is 0 Å². The van der Waals surface area contributed by atoms with Crippen LogP contribution in [0.1, 0.15) is 24.4 Å². The maximum Gasteiger partial charge on any atom is 0.119 e. The number of fused-ring (bicyclic) bond motifs is 3. The van der Waals surface area contributed by atoms with Gasteiger partial charge in [0.15, 0.2) is 0 Å². The third kappa shape index (κ3) is 2.79. The van der Waals surface area contributed by atoms with Gasteiger partial charge in [-0.1, -0.05) is 12.1 Å². The second-order valence-corrected chi connectivity index (χ2v) is 6.43. The van der Waals surface area contributed by atoms with Gasteiger partial charge in [-0.2, -0.15) is 0 Å². The zero-order valence-corrected chi connectivity index (χ0v) is 12.4. The van der Waals surface area contributed by atoms with E-state index in [0.717, 1.165) is 25.4 Å². The molecule has 1 aromatic carbocycles. The number of benzene rings is 1. The predicted molar refractivity (Wildman–Crippen MR) is 82.0 cm³/mol. The predicted octanol–water partition coefficient (Wildman–Crippen LogP) is 0.732. The number of nitrogens with two attached hydrogens (primary N) is 1. The van der Waals surface area contributed by atoms with E-state index in [0.29, 0.717) is 12.1 Å². The average Bonchev–Trinajstić information content (AvgIpc) is 3.35. The topological polar surface area (TPSA) is 53.8 Å². The van der Waals surface area contributed by atoms with E-state index in [1.54, 1.807) is 0 Å². The lowest BCUT2D eigenvalue weighted by Gasteiger charge is -2.50. The normalized spacial score (nSPS) is 32.9. The molecule has 0 radical (unpaired) electrons. The van der Waals surface area contributed by atoms with Crippen LogP contribution >= 0.6 is 0 Å². The lowest BCUT2D eigenvalue weighted by atomic mass is 9.94. The van der Waals surface area contributed by atoms with Crippen LogP contribution in [0.3, 0.4) is 0 Å². The van der Waals surface area contributed by atoms with E-state index >= 15 is 0 Å². The van der Waals surface area contributed by atoms with E-state index in [2.05, 4.69) is 39.5 Å². The van der Waals surface area contributed by atoms with Crippen molar-refractivity contribution in [2.75, 3.05) is 32.7 Å². The zero-order valence-electron chi connectivity index (χ0n) is 12.4. The number of piperazine rings is 3. The summed E-state index contributed by atoms with van der Waals surface area (Å²) >= 11 is 0. The van der Waals surface area contributed by atoms with Gasteiger partial charge in [-0.15, -0.1) is 0 Å². The first-order valence-corrected chi connectivity index (χ1v) is 8.02. The highest BCUT2D eigenvalue weighted by Crippen LogP contribution is 2.30. The van der Waals surface area contributed by atoms with Crippen molar-refractivity contribution in [1.82, 2.24) is 15.2 Å². The number of hydrogen-bond donors (Lipinski definition) is 2. The fourth-order valence-electron chi connectivity index (χ4n) is 3.54. The molecule has 21 heavy (non-hydrogen) atoms. The minimum Gasteiger partial charge on any atom is -0.490 e. The molecular formula is C16H24N4O. The van der Waals surface area contributed by atoms with Crippen LogP contribution in [0.4, 0.5) is 0 Å². The van der Waals surface area contributed by atoms with Crippen molar-refractivity contribution >= 4 is 0 Å². The Morgan fingerprint density at radius 3 is 2.33 bits per heavy atom. The monoisotopic (exact) mass is 288 g/mol. The van der Waals surface area contributed by atoms with Gasteiger partial charge in [0.25, 0.3) is 0 Å². The first-order chi connectivity index (χ1) is 10.3. The number of ether oxygens (including phenoxy) is 1. The van der Waals surface area contributed by atoms with Gasteiger partial charge in [0, 0.05) is 38.8 Å². The molecule has 3 aliphatic heterocycles. The van der Waals surface area contributed by atoms with Crippen molar-refractivity contribution in [3.8, 4) is 5.75 Å². The Kier molecular flexibility index (Phi) is 3.59. The summed E-state index contributed by atoms with van der Waals surface area (Å²) in [6, 6.07) is 9.11. The molecule has 0 amide bonds. The number of nitrogens with one attached hydrogen (secondary N) is 1. The Morgan fingerprint density at radius 2 is 1.81 bits per heavy atom. The van der Waals surface area contributed by atoms with E-state index in [1.807, 2.05) is 0 Å². The molecule has 1 aliphatic carbocycles. The van der Waals surface area contributed by atoms with Crippen LogP contribution in [-0.4, -0.2) is 54.7 Å². The molecule has 3 N–H and O–H groups in total. The van der Waals surface area contributed by atoms with E-state index in [4.69, 9.17) is 10.6 Å². The molecule has 0 aromatic heterocycles. The largest absolute Gasteiger partial charge is 0.490 e. The van der Waals surface area contributed by atoms with E-state index in [-0.39, 0.29) is 6.04 Å².